The van der Waals surface area contributed by atoms with Gasteiger partial charge in [-0.3, -0.25) is 9.36 Å². The molecule has 4 nitrogen and oxygen atoms in total. The van der Waals surface area contributed by atoms with Crippen molar-refractivity contribution in [1.29, 1.82) is 0 Å². The molecule has 0 aliphatic carbocycles. The van der Waals surface area contributed by atoms with Gasteiger partial charge in [0.25, 0.3) is 5.56 Å². The van der Waals surface area contributed by atoms with Crippen LogP contribution in [0.3, 0.4) is 0 Å². The van der Waals surface area contributed by atoms with Crippen molar-refractivity contribution in [3.05, 3.63) is 93.8 Å². The Bertz CT molecular complexity index is 1230. The molecular weight excluding hydrogens is 392 g/mol. The molecule has 0 radical (unpaired) electrons. The number of para-hydroxylation sites is 1. The lowest BCUT2D eigenvalue weighted by molar-refractivity contribution is 0.344. The molecule has 4 aromatic rings. The van der Waals surface area contributed by atoms with E-state index in [2.05, 4.69) is 13.0 Å². The van der Waals surface area contributed by atoms with Crippen molar-refractivity contribution in [1.82, 2.24) is 9.55 Å². The second-order valence-corrected chi connectivity index (χ2v) is 8.47. The van der Waals surface area contributed by atoms with Gasteiger partial charge in [-0.1, -0.05) is 47.7 Å². The van der Waals surface area contributed by atoms with Gasteiger partial charge < -0.3 is 4.74 Å². The van der Waals surface area contributed by atoms with E-state index in [1.807, 2.05) is 74.5 Å². The van der Waals surface area contributed by atoms with Gasteiger partial charge in [0.15, 0.2) is 5.16 Å². The van der Waals surface area contributed by atoms with E-state index in [1.54, 1.807) is 4.57 Å². The van der Waals surface area contributed by atoms with E-state index in [0.717, 1.165) is 22.6 Å². The summed E-state index contributed by atoms with van der Waals surface area (Å²) in [5.41, 5.74) is 4.94. The zero-order valence-corrected chi connectivity index (χ0v) is 18.2. The predicted octanol–water partition coefficient (Wildman–Crippen LogP) is 5.48. The second-order valence-electron chi connectivity index (χ2n) is 7.41. The summed E-state index contributed by atoms with van der Waals surface area (Å²) in [5, 5.41) is 1.30. The van der Waals surface area contributed by atoms with E-state index in [4.69, 9.17) is 9.72 Å². The fraction of sp³-hybridized carbons (Fsp3) is 0.200. The Morgan fingerprint density at radius 1 is 0.900 bits per heavy atom. The summed E-state index contributed by atoms with van der Waals surface area (Å²) in [5.74, 6) is 1.53. The summed E-state index contributed by atoms with van der Waals surface area (Å²) >= 11 is 1.53. The van der Waals surface area contributed by atoms with Gasteiger partial charge in [-0.25, -0.2) is 4.98 Å². The number of benzene rings is 3. The van der Waals surface area contributed by atoms with Crippen LogP contribution in [0, 0.1) is 20.8 Å². The van der Waals surface area contributed by atoms with E-state index >= 15 is 0 Å². The van der Waals surface area contributed by atoms with Gasteiger partial charge in [0.05, 0.1) is 23.2 Å². The Morgan fingerprint density at radius 3 is 2.33 bits per heavy atom. The molecule has 0 saturated carbocycles. The molecule has 0 N–H and O–H groups in total. The van der Waals surface area contributed by atoms with Gasteiger partial charge in [0.2, 0.25) is 0 Å². The minimum atomic E-state index is -0.0486. The molecule has 1 heterocycles. The molecule has 0 aliphatic heterocycles. The maximum Gasteiger partial charge on any atom is 0.266 e. The molecule has 152 valence electrons. The number of aryl methyl sites for hydroxylation is 3. The summed E-state index contributed by atoms with van der Waals surface area (Å²) in [6.45, 7) is 6.66. The van der Waals surface area contributed by atoms with E-state index in [9.17, 15) is 4.79 Å². The van der Waals surface area contributed by atoms with Gasteiger partial charge in [-0.2, -0.15) is 0 Å². The topological polar surface area (TPSA) is 44.1 Å². The molecule has 0 spiro atoms. The lowest BCUT2D eigenvalue weighted by atomic mass is 10.1. The van der Waals surface area contributed by atoms with Crippen LogP contribution in [0.5, 0.6) is 5.75 Å². The zero-order chi connectivity index (χ0) is 21.1. The van der Waals surface area contributed by atoms with Gasteiger partial charge in [-0.15, -0.1) is 0 Å². The Hall–Kier alpha value is -3.05. The first-order chi connectivity index (χ1) is 14.5. The maximum atomic E-state index is 13.3. The highest BCUT2D eigenvalue weighted by Crippen LogP contribution is 2.23. The largest absolute Gasteiger partial charge is 0.493 e. The third-order valence-electron chi connectivity index (χ3n) is 4.81. The maximum absolute atomic E-state index is 13.3. The van der Waals surface area contributed by atoms with Crippen LogP contribution in [0.4, 0.5) is 0 Å². The number of hydrogen-bond donors (Lipinski definition) is 0. The molecule has 0 unspecified atom stereocenters. The Labute approximate surface area is 180 Å². The van der Waals surface area contributed by atoms with E-state index in [0.29, 0.717) is 28.4 Å². The first-order valence-electron chi connectivity index (χ1n) is 9.94. The molecule has 3 aromatic carbocycles. The molecule has 4 rings (SSSR count). The highest BCUT2D eigenvalue weighted by atomic mass is 32.2. The summed E-state index contributed by atoms with van der Waals surface area (Å²) in [7, 11) is 0. The van der Waals surface area contributed by atoms with Gasteiger partial charge in [0, 0.05) is 5.75 Å². The zero-order valence-electron chi connectivity index (χ0n) is 17.4. The summed E-state index contributed by atoms with van der Waals surface area (Å²) in [4.78, 5) is 18.1. The molecular formula is C25H24N2O2S. The summed E-state index contributed by atoms with van der Waals surface area (Å²) in [6.07, 6.45) is 0. The monoisotopic (exact) mass is 416 g/mol. The average molecular weight is 417 g/mol. The minimum Gasteiger partial charge on any atom is -0.493 e. The van der Waals surface area contributed by atoms with Crippen LogP contribution in [-0.4, -0.2) is 21.9 Å². The fourth-order valence-corrected chi connectivity index (χ4v) is 4.27. The SMILES string of the molecule is Cc1ccc(OCCSc2nc3ccccc3c(=O)n2-c2cc(C)cc(C)c2)cc1. The first-order valence-corrected chi connectivity index (χ1v) is 10.9. The summed E-state index contributed by atoms with van der Waals surface area (Å²) in [6, 6.07) is 21.7. The lowest BCUT2D eigenvalue weighted by Gasteiger charge is -2.14. The second kappa shape index (κ2) is 8.76. The molecule has 0 amide bonds. The Morgan fingerprint density at radius 2 is 1.60 bits per heavy atom. The lowest BCUT2D eigenvalue weighted by Crippen LogP contribution is -2.22. The van der Waals surface area contributed by atoms with Crippen LogP contribution in [0.15, 0.2) is 76.7 Å². The molecule has 1 aromatic heterocycles. The number of hydrogen-bond acceptors (Lipinski definition) is 4. The van der Waals surface area contributed by atoms with Gasteiger partial charge >= 0.3 is 0 Å². The first kappa shape index (κ1) is 20.2. The number of thioether (sulfide) groups is 1. The van der Waals surface area contributed by atoms with E-state index < -0.39 is 0 Å². The average Bonchev–Trinajstić information content (AvgIpc) is 2.72. The Kier molecular flexibility index (Phi) is 5.91. The van der Waals surface area contributed by atoms with Crippen molar-refractivity contribution in [2.45, 2.75) is 25.9 Å². The third kappa shape index (κ3) is 4.41. The van der Waals surface area contributed by atoms with Crippen molar-refractivity contribution in [3.63, 3.8) is 0 Å². The molecule has 0 aliphatic rings. The normalized spacial score (nSPS) is 11.0. The molecule has 0 atom stereocenters. The molecule has 30 heavy (non-hydrogen) atoms. The number of rotatable bonds is 6. The molecule has 0 bridgehead atoms. The fourth-order valence-electron chi connectivity index (χ4n) is 3.44. The quantitative estimate of drug-likeness (QED) is 0.237. The Balaban J connectivity index is 1.65. The highest BCUT2D eigenvalue weighted by Gasteiger charge is 2.14. The van der Waals surface area contributed by atoms with Crippen molar-refractivity contribution < 1.29 is 4.74 Å². The van der Waals surface area contributed by atoms with Gasteiger partial charge in [-0.05, 0) is 68.3 Å². The number of aromatic nitrogens is 2. The predicted molar refractivity (Wildman–Crippen MR) is 124 cm³/mol. The van der Waals surface area contributed by atoms with Gasteiger partial charge in [0.1, 0.15) is 5.75 Å². The van der Waals surface area contributed by atoms with Crippen molar-refractivity contribution in [2.24, 2.45) is 0 Å². The smallest absolute Gasteiger partial charge is 0.266 e. The number of fused-ring (bicyclic) bond motifs is 1. The summed E-state index contributed by atoms with van der Waals surface area (Å²) < 4.78 is 7.57. The van der Waals surface area contributed by atoms with Crippen molar-refractivity contribution in [2.75, 3.05) is 12.4 Å². The number of ether oxygens (including phenoxy) is 1. The van der Waals surface area contributed by atoms with Crippen LogP contribution in [0.2, 0.25) is 0 Å². The van der Waals surface area contributed by atoms with E-state index in [-0.39, 0.29) is 5.56 Å². The van der Waals surface area contributed by atoms with Crippen molar-refractivity contribution in [3.8, 4) is 11.4 Å². The van der Waals surface area contributed by atoms with Crippen LogP contribution in [0.1, 0.15) is 16.7 Å². The third-order valence-corrected chi connectivity index (χ3v) is 5.72. The van der Waals surface area contributed by atoms with Crippen LogP contribution in [0.25, 0.3) is 16.6 Å². The van der Waals surface area contributed by atoms with E-state index in [1.165, 1.54) is 17.3 Å². The van der Waals surface area contributed by atoms with Crippen LogP contribution in [-0.2, 0) is 0 Å². The van der Waals surface area contributed by atoms with Crippen LogP contribution < -0.4 is 10.3 Å². The molecule has 0 saturated heterocycles. The van der Waals surface area contributed by atoms with Crippen LogP contribution >= 0.6 is 11.8 Å². The van der Waals surface area contributed by atoms with Crippen molar-refractivity contribution >= 4 is 22.7 Å². The standard InChI is InChI=1S/C25H24N2O2S/c1-17-8-10-21(11-9-17)29-12-13-30-25-26-23-7-5-4-6-22(23)24(28)27(25)20-15-18(2)14-19(3)16-20/h4-11,14-16H,12-13H2,1-3H3. The molecule has 0 fully saturated rings. The minimum absolute atomic E-state index is 0.0486. The molecule has 5 heteroatoms. The number of nitrogens with zero attached hydrogens (tertiary/aromatic N) is 2. The highest BCUT2D eigenvalue weighted by molar-refractivity contribution is 7.99.